The molecular weight excluding hydrogens is 260 g/mol. The van der Waals surface area contributed by atoms with Crippen molar-refractivity contribution in [3.63, 3.8) is 0 Å². The van der Waals surface area contributed by atoms with Gasteiger partial charge in [0.2, 0.25) is 0 Å². The van der Waals surface area contributed by atoms with Crippen molar-refractivity contribution in [1.29, 1.82) is 0 Å². The van der Waals surface area contributed by atoms with Crippen LogP contribution in [0, 0.1) is 0 Å². The van der Waals surface area contributed by atoms with Crippen LogP contribution < -0.4 is 5.32 Å². The number of hydrogen-bond donors (Lipinski definition) is 2. The normalized spacial score (nSPS) is 21.3. The molecule has 2 N–H and O–H groups in total. The highest BCUT2D eigenvalue weighted by Gasteiger charge is 2.36. The van der Waals surface area contributed by atoms with Crippen LogP contribution in [-0.4, -0.2) is 41.8 Å². The zero-order valence-electron chi connectivity index (χ0n) is 13.7. The third-order valence-corrected chi connectivity index (χ3v) is 4.99. The van der Waals surface area contributed by atoms with Gasteiger partial charge < -0.3 is 10.4 Å². The molecule has 2 rings (SSSR count). The van der Waals surface area contributed by atoms with Gasteiger partial charge in [0.05, 0.1) is 12.1 Å². The fourth-order valence-electron chi connectivity index (χ4n) is 3.56. The predicted octanol–water partition coefficient (Wildman–Crippen LogP) is 2.75. The van der Waals surface area contributed by atoms with Crippen molar-refractivity contribution in [2.24, 2.45) is 0 Å². The van der Waals surface area contributed by atoms with Gasteiger partial charge in [0, 0.05) is 12.1 Å². The first-order chi connectivity index (χ1) is 10.0. The van der Waals surface area contributed by atoms with Crippen LogP contribution in [0.3, 0.4) is 0 Å². The van der Waals surface area contributed by atoms with E-state index in [1.807, 2.05) is 6.07 Å². The van der Waals surface area contributed by atoms with E-state index in [2.05, 4.69) is 55.3 Å². The molecule has 0 bridgehead atoms. The van der Waals surface area contributed by atoms with Crippen molar-refractivity contribution in [1.82, 2.24) is 10.2 Å². The van der Waals surface area contributed by atoms with Gasteiger partial charge in [-0.05, 0) is 51.8 Å². The summed E-state index contributed by atoms with van der Waals surface area (Å²) in [6.07, 6.45) is 3.49. The second-order valence-corrected chi connectivity index (χ2v) is 6.79. The number of aliphatic hydroxyl groups is 1. The minimum atomic E-state index is -0.325. The highest BCUT2D eigenvalue weighted by Crippen LogP contribution is 2.31. The predicted molar refractivity (Wildman–Crippen MR) is 88.4 cm³/mol. The lowest BCUT2D eigenvalue weighted by molar-refractivity contribution is 0.110. The Kier molecular flexibility index (Phi) is 5.42. The number of rotatable bonds is 7. The van der Waals surface area contributed by atoms with Crippen molar-refractivity contribution < 1.29 is 5.11 Å². The standard InChI is InChI=1S/C18H30N2O/c1-4-19-18(15-21,16-9-6-5-7-10-16)12-14-20-13-8-11-17(20,2)3/h5-7,9-10,19,21H,4,8,11-15H2,1-3H3. The Morgan fingerprint density at radius 3 is 2.52 bits per heavy atom. The Balaban J connectivity index is 2.13. The molecule has 0 amide bonds. The second-order valence-electron chi connectivity index (χ2n) is 6.79. The fraction of sp³-hybridized carbons (Fsp3) is 0.667. The zero-order valence-corrected chi connectivity index (χ0v) is 13.7. The summed E-state index contributed by atoms with van der Waals surface area (Å²) in [4.78, 5) is 2.57. The highest BCUT2D eigenvalue weighted by atomic mass is 16.3. The SMILES string of the molecule is CCNC(CO)(CCN1CCCC1(C)C)c1ccccc1. The number of likely N-dealkylation sites (tertiary alicyclic amines) is 1. The molecule has 21 heavy (non-hydrogen) atoms. The Labute approximate surface area is 129 Å². The molecule has 1 fully saturated rings. The third kappa shape index (κ3) is 3.65. The Morgan fingerprint density at radius 1 is 1.29 bits per heavy atom. The van der Waals surface area contributed by atoms with Gasteiger partial charge in [-0.1, -0.05) is 37.3 Å². The molecule has 1 unspecified atom stereocenters. The van der Waals surface area contributed by atoms with E-state index < -0.39 is 0 Å². The first kappa shape index (κ1) is 16.5. The summed E-state index contributed by atoms with van der Waals surface area (Å²) in [5.74, 6) is 0. The summed E-state index contributed by atoms with van der Waals surface area (Å²) in [5.41, 5.74) is 1.16. The van der Waals surface area contributed by atoms with E-state index in [9.17, 15) is 5.11 Å². The highest BCUT2D eigenvalue weighted by molar-refractivity contribution is 5.25. The van der Waals surface area contributed by atoms with E-state index in [1.54, 1.807) is 0 Å². The zero-order chi connectivity index (χ0) is 15.3. The number of hydrogen-bond acceptors (Lipinski definition) is 3. The molecule has 1 saturated heterocycles. The third-order valence-electron chi connectivity index (χ3n) is 4.99. The van der Waals surface area contributed by atoms with Crippen LogP contribution in [0.15, 0.2) is 30.3 Å². The van der Waals surface area contributed by atoms with Crippen molar-refractivity contribution in [2.45, 2.75) is 51.1 Å². The van der Waals surface area contributed by atoms with E-state index in [1.165, 1.54) is 24.9 Å². The minimum absolute atomic E-state index is 0.138. The molecule has 0 spiro atoms. The summed E-state index contributed by atoms with van der Waals surface area (Å²) in [6, 6.07) is 10.4. The first-order valence-electron chi connectivity index (χ1n) is 8.20. The van der Waals surface area contributed by atoms with Gasteiger partial charge >= 0.3 is 0 Å². The van der Waals surface area contributed by atoms with Gasteiger partial charge in [-0.3, -0.25) is 4.90 Å². The molecule has 1 aromatic rings. The molecule has 1 heterocycles. The van der Waals surface area contributed by atoms with Crippen LogP contribution in [0.2, 0.25) is 0 Å². The van der Waals surface area contributed by atoms with Gasteiger partial charge in [0.1, 0.15) is 0 Å². The maximum atomic E-state index is 10.1. The quantitative estimate of drug-likeness (QED) is 0.810. The molecule has 3 nitrogen and oxygen atoms in total. The molecular formula is C18H30N2O. The number of likely N-dealkylation sites (N-methyl/N-ethyl adjacent to an activating group) is 1. The molecule has 0 radical (unpaired) electrons. The van der Waals surface area contributed by atoms with E-state index in [0.29, 0.717) is 5.54 Å². The minimum Gasteiger partial charge on any atom is -0.394 e. The fourth-order valence-corrected chi connectivity index (χ4v) is 3.56. The topological polar surface area (TPSA) is 35.5 Å². The monoisotopic (exact) mass is 290 g/mol. The Bertz CT molecular complexity index is 432. The van der Waals surface area contributed by atoms with Crippen molar-refractivity contribution in [3.8, 4) is 0 Å². The van der Waals surface area contributed by atoms with E-state index in [4.69, 9.17) is 0 Å². The van der Waals surface area contributed by atoms with E-state index in [0.717, 1.165) is 19.5 Å². The molecule has 0 saturated carbocycles. The van der Waals surface area contributed by atoms with Crippen LogP contribution in [-0.2, 0) is 5.54 Å². The van der Waals surface area contributed by atoms with E-state index >= 15 is 0 Å². The Morgan fingerprint density at radius 2 is 2.00 bits per heavy atom. The average Bonchev–Trinajstić information content (AvgIpc) is 2.83. The molecule has 0 aromatic heterocycles. The van der Waals surface area contributed by atoms with Crippen LogP contribution in [0.5, 0.6) is 0 Å². The molecule has 118 valence electrons. The van der Waals surface area contributed by atoms with Crippen molar-refractivity contribution in [2.75, 3.05) is 26.2 Å². The number of nitrogens with zero attached hydrogens (tertiary/aromatic N) is 1. The summed E-state index contributed by atoms with van der Waals surface area (Å²) in [6.45, 7) is 9.96. The van der Waals surface area contributed by atoms with Gasteiger partial charge in [0.15, 0.2) is 0 Å². The summed E-state index contributed by atoms with van der Waals surface area (Å²) in [7, 11) is 0. The molecule has 1 aromatic carbocycles. The molecule has 1 aliphatic rings. The summed E-state index contributed by atoms with van der Waals surface area (Å²) < 4.78 is 0. The van der Waals surface area contributed by atoms with Crippen LogP contribution >= 0.6 is 0 Å². The first-order valence-corrected chi connectivity index (χ1v) is 8.20. The van der Waals surface area contributed by atoms with Crippen molar-refractivity contribution >= 4 is 0 Å². The van der Waals surface area contributed by atoms with Crippen LogP contribution in [0.1, 0.15) is 45.6 Å². The Hall–Kier alpha value is -0.900. The maximum Gasteiger partial charge on any atom is 0.0681 e. The lowest BCUT2D eigenvalue weighted by atomic mass is 9.86. The molecule has 0 aliphatic carbocycles. The van der Waals surface area contributed by atoms with Gasteiger partial charge in [-0.15, -0.1) is 0 Å². The number of benzene rings is 1. The number of nitrogens with one attached hydrogen (secondary N) is 1. The van der Waals surface area contributed by atoms with Crippen LogP contribution in [0.4, 0.5) is 0 Å². The maximum absolute atomic E-state index is 10.1. The van der Waals surface area contributed by atoms with Gasteiger partial charge in [-0.25, -0.2) is 0 Å². The average molecular weight is 290 g/mol. The smallest absolute Gasteiger partial charge is 0.0681 e. The molecule has 3 heteroatoms. The second kappa shape index (κ2) is 6.91. The lowest BCUT2D eigenvalue weighted by Crippen LogP contribution is -2.49. The van der Waals surface area contributed by atoms with E-state index in [-0.39, 0.29) is 12.1 Å². The van der Waals surface area contributed by atoms with Crippen LogP contribution in [0.25, 0.3) is 0 Å². The largest absolute Gasteiger partial charge is 0.394 e. The number of aliphatic hydroxyl groups excluding tert-OH is 1. The summed E-state index contributed by atoms with van der Waals surface area (Å²) in [5, 5.41) is 13.6. The van der Waals surface area contributed by atoms with Gasteiger partial charge in [-0.2, -0.15) is 0 Å². The van der Waals surface area contributed by atoms with Crippen molar-refractivity contribution in [3.05, 3.63) is 35.9 Å². The summed E-state index contributed by atoms with van der Waals surface area (Å²) >= 11 is 0. The molecule has 1 aliphatic heterocycles. The lowest BCUT2D eigenvalue weighted by Gasteiger charge is -2.38. The van der Waals surface area contributed by atoms with Gasteiger partial charge in [0.25, 0.3) is 0 Å². The molecule has 1 atom stereocenters.